The number of rotatable bonds is 7. The molecule has 21 heavy (non-hydrogen) atoms. The van der Waals surface area contributed by atoms with E-state index in [-0.39, 0.29) is 0 Å². The van der Waals surface area contributed by atoms with Gasteiger partial charge in [-0.3, -0.25) is 0 Å². The lowest BCUT2D eigenvalue weighted by Crippen LogP contribution is -2.40. The molecule has 1 aromatic carbocycles. The molecule has 0 radical (unpaired) electrons. The molecule has 0 bridgehead atoms. The Morgan fingerprint density at radius 3 is 3.05 bits per heavy atom. The van der Waals surface area contributed by atoms with Crippen molar-refractivity contribution in [3.05, 3.63) is 34.3 Å². The number of piperidine rings is 1. The third-order valence-electron chi connectivity index (χ3n) is 4.23. The maximum atomic E-state index is 5.51. The molecule has 0 spiro atoms. The van der Waals surface area contributed by atoms with E-state index in [2.05, 4.69) is 57.3 Å². The number of benzene rings is 1. The molecule has 2 unspecified atom stereocenters. The van der Waals surface area contributed by atoms with Gasteiger partial charge in [0, 0.05) is 30.7 Å². The van der Waals surface area contributed by atoms with Crippen LogP contribution < -0.4 is 5.32 Å². The van der Waals surface area contributed by atoms with Crippen molar-refractivity contribution in [2.24, 2.45) is 0 Å². The zero-order valence-electron chi connectivity index (χ0n) is 13.1. The number of methoxy groups -OCH3 is 1. The standard InChI is InChI=1S/C17H27BrN2O/c1-3-19-17(14-6-4-7-15(18)12-14)9-11-20-10-5-8-16(13-20)21-2/h4,6-7,12,16-17,19H,3,5,8-11,13H2,1-2H3. The van der Waals surface area contributed by atoms with E-state index in [0.29, 0.717) is 12.1 Å². The maximum absolute atomic E-state index is 5.51. The van der Waals surface area contributed by atoms with Crippen molar-refractivity contribution < 1.29 is 4.74 Å². The van der Waals surface area contributed by atoms with E-state index >= 15 is 0 Å². The van der Waals surface area contributed by atoms with Gasteiger partial charge in [-0.15, -0.1) is 0 Å². The van der Waals surface area contributed by atoms with E-state index in [1.165, 1.54) is 24.9 Å². The van der Waals surface area contributed by atoms with E-state index in [4.69, 9.17) is 4.74 Å². The number of hydrogen-bond acceptors (Lipinski definition) is 3. The first-order valence-electron chi connectivity index (χ1n) is 7.97. The summed E-state index contributed by atoms with van der Waals surface area (Å²) in [6.07, 6.45) is 4.01. The highest BCUT2D eigenvalue weighted by atomic mass is 79.9. The first kappa shape index (κ1) is 16.9. The predicted octanol–water partition coefficient (Wildman–Crippen LogP) is 3.60. The largest absolute Gasteiger partial charge is 0.380 e. The number of hydrogen-bond donors (Lipinski definition) is 1. The van der Waals surface area contributed by atoms with Gasteiger partial charge in [-0.25, -0.2) is 0 Å². The molecule has 1 saturated heterocycles. The van der Waals surface area contributed by atoms with Crippen LogP contribution in [0.3, 0.4) is 0 Å². The molecule has 0 aromatic heterocycles. The molecule has 1 heterocycles. The Morgan fingerprint density at radius 2 is 2.33 bits per heavy atom. The van der Waals surface area contributed by atoms with Crippen molar-refractivity contribution in [1.29, 1.82) is 0 Å². The summed E-state index contributed by atoms with van der Waals surface area (Å²) in [4.78, 5) is 2.54. The summed E-state index contributed by atoms with van der Waals surface area (Å²) < 4.78 is 6.67. The molecule has 118 valence electrons. The maximum Gasteiger partial charge on any atom is 0.0698 e. The minimum atomic E-state index is 0.419. The molecule has 1 N–H and O–H groups in total. The van der Waals surface area contributed by atoms with Crippen molar-refractivity contribution in [2.45, 2.75) is 38.3 Å². The Kier molecular flexibility index (Phi) is 7.17. The van der Waals surface area contributed by atoms with E-state index < -0.39 is 0 Å². The molecule has 1 aromatic rings. The molecule has 2 rings (SSSR count). The van der Waals surface area contributed by atoms with E-state index in [9.17, 15) is 0 Å². The zero-order chi connectivity index (χ0) is 15.1. The van der Waals surface area contributed by atoms with Crippen LogP contribution in [0.15, 0.2) is 28.7 Å². The second kappa shape index (κ2) is 8.89. The molecule has 4 heteroatoms. The highest BCUT2D eigenvalue weighted by Crippen LogP contribution is 2.22. The van der Waals surface area contributed by atoms with Crippen LogP contribution in [-0.2, 0) is 4.74 Å². The second-order valence-electron chi connectivity index (χ2n) is 5.75. The van der Waals surface area contributed by atoms with E-state index in [1.54, 1.807) is 0 Å². The minimum absolute atomic E-state index is 0.419. The van der Waals surface area contributed by atoms with Crippen LogP contribution in [0.5, 0.6) is 0 Å². The third kappa shape index (κ3) is 5.37. The summed E-state index contributed by atoms with van der Waals surface area (Å²) in [6, 6.07) is 9.06. The first-order chi connectivity index (χ1) is 10.2. The fraction of sp³-hybridized carbons (Fsp3) is 0.647. The number of nitrogens with one attached hydrogen (secondary N) is 1. The third-order valence-corrected chi connectivity index (χ3v) is 4.72. The summed E-state index contributed by atoms with van der Waals surface area (Å²) in [5, 5.41) is 3.61. The molecular weight excluding hydrogens is 328 g/mol. The van der Waals surface area contributed by atoms with Gasteiger partial charge in [-0.1, -0.05) is 35.0 Å². The van der Waals surface area contributed by atoms with Crippen LogP contribution in [0.2, 0.25) is 0 Å². The van der Waals surface area contributed by atoms with Crippen molar-refractivity contribution in [2.75, 3.05) is 33.3 Å². The fourth-order valence-corrected chi connectivity index (χ4v) is 3.49. The Bertz CT molecular complexity index is 427. The molecule has 0 amide bonds. The Morgan fingerprint density at radius 1 is 1.48 bits per heavy atom. The summed E-state index contributed by atoms with van der Waals surface area (Å²) in [5.74, 6) is 0. The molecule has 3 nitrogen and oxygen atoms in total. The second-order valence-corrected chi connectivity index (χ2v) is 6.67. The lowest BCUT2D eigenvalue weighted by atomic mass is 10.0. The molecule has 1 aliphatic rings. The van der Waals surface area contributed by atoms with Crippen LogP contribution in [-0.4, -0.2) is 44.3 Å². The van der Waals surface area contributed by atoms with Crippen molar-refractivity contribution in [3.63, 3.8) is 0 Å². The predicted molar refractivity (Wildman–Crippen MR) is 91.6 cm³/mol. The SMILES string of the molecule is CCNC(CCN1CCCC(OC)C1)c1cccc(Br)c1. The van der Waals surface area contributed by atoms with Crippen molar-refractivity contribution >= 4 is 15.9 Å². The highest BCUT2D eigenvalue weighted by molar-refractivity contribution is 9.10. The monoisotopic (exact) mass is 354 g/mol. The number of likely N-dealkylation sites (tertiary alicyclic amines) is 1. The van der Waals surface area contributed by atoms with Gasteiger partial charge in [0.05, 0.1) is 6.10 Å². The molecule has 1 aliphatic heterocycles. The van der Waals surface area contributed by atoms with Crippen LogP contribution >= 0.6 is 15.9 Å². The number of ether oxygens (including phenoxy) is 1. The smallest absolute Gasteiger partial charge is 0.0698 e. The number of nitrogens with zero attached hydrogens (tertiary/aromatic N) is 1. The molecule has 0 saturated carbocycles. The lowest BCUT2D eigenvalue weighted by Gasteiger charge is -2.33. The average molecular weight is 355 g/mol. The van der Waals surface area contributed by atoms with Crippen LogP contribution in [0.1, 0.15) is 37.8 Å². The molecule has 0 aliphatic carbocycles. The van der Waals surface area contributed by atoms with Gasteiger partial charge in [-0.05, 0) is 50.0 Å². The van der Waals surface area contributed by atoms with E-state index in [0.717, 1.165) is 30.5 Å². The Labute approximate surface area is 137 Å². The van der Waals surface area contributed by atoms with Gasteiger partial charge >= 0.3 is 0 Å². The molecule has 2 atom stereocenters. The lowest BCUT2D eigenvalue weighted by molar-refractivity contribution is 0.0301. The van der Waals surface area contributed by atoms with Crippen LogP contribution in [0, 0.1) is 0 Å². The topological polar surface area (TPSA) is 24.5 Å². The summed E-state index contributed by atoms with van der Waals surface area (Å²) >= 11 is 3.57. The fourth-order valence-electron chi connectivity index (χ4n) is 3.08. The highest BCUT2D eigenvalue weighted by Gasteiger charge is 2.20. The summed E-state index contributed by atoms with van der Waals surface area (Å²) in [5.41, 5.74) is 1.37. The molecular formula is C17H27BrN2O. The first-order valence-corrected chi connectivity index (χ1v) is 8.76. The normalized spacial score (nSPS) is 21.4. The van der Waals surface area contributed by atoms with Crippen molar-refractivity contribution in [3.8, 4) is 0 Å². The quantitative estimate of drug-likeness (QED) is 0.809. The molecule has 1 fully saturated rings. The van der Waals surface area contributed by atoms with Gasteiger partial charge in [0.15, 0.2) is 0 Å². The summed E-state index contributed by atoms with van der Waals surface area (Å²) in [7, 11) is 1.83. The van der Waals surface area contributed by atoms with Crippen LogP contribution in [0.25, 0.3) is 0 Å². The van der Waals surface area contributed by atoms with Gasteiger partial charge in [-0.2, -0.15) is 0 Å². The Balaban J connectivity index is 1.91. The Hall–Kier alpha value is -0.420. The van der Waals surface area contributed by atoms with Gasteiger partial charge in [0.2, 0.25) is 0 Å². The summed E-state index contributed by atoms with van der Waals surface area (Å²) in [6.45, 7) is 6.58. The van der Waals surface area contributed by atoms with E-state index in [1.807, 2.05) is 7.11 Å². The zero-order valence-corrected chi connectivity index (χ0v) is 14.7. The number of halogens is 1. The van der Waals surface area contributed by atoms with Gasteiger partial charge in [0.1, 0.15) is 0 Å². The van der Waals surface area contributed by atoms with Gasteiger partial charge < -0.3 is 15.0 Å². The van der Waals surface area contributed by atoms with Crippen molar-refractivity contribution in [1.82, 2.24) is 10.2 Å². The van der Waals surface area contributed by atoms with Crippen LogP contribution in [0.4, 0.5) is 0 Å². The average Bonchev–Trinajstić information content (AvgIpc) is 2.51. The van der Waals surface area contributed by atoms with Gasteiger partial charge in [0.25, 0.3) is 0 Å². The minimum Gasteiger partial charge on any atom is -0.380 e.